The maximum Gasteiger partial charge on any atom is 0.416 e. The molecule has 1 fully saturated rings. The van der Waals surface area contributed by atoms with Crippen LogP contribution in [-0.2, 0) is 15.8 Å². The maximum atomic E-state index is 12.9. The van der Waals surface area contributed by atoms with E-state index >= 15 is 0 Å². The third kappa shape index (κ3) is 7.74. The molecule has 0 unspecified atom stereocenters. The fourth-order valence-electron chi connectivity index (χ4n) is 4.10. The summed E-state index contributed by atoms with van der Waals surface area (Å²) in [7, 11) is 1.39. The van der Waals surface area contributed by atoms with Gasteiger partial charge < -0.3 is 20.1 Å². The van der Waals surface area contributed by atoms with Crippen LogP contribution in [0.3, 0.4) is 0 Å². The summed E-state index contributed by atoms with van der Waals surface area (Å²) in [6, 6.07) is 10.9. The van der Waals surface area contributed by atoms with E-state index in [9.17, 15) is 28.0 Å². The van der Waals surface area contributed by atoms with Gasteiger partial charge in [0.1, 0.15) is 11.6 Å². The van der Waals surface area contributed by atoms with Crippen LogP contribution in [0.5, 0.6) is 11.5 Å². The summed E-state index contributed by atoms with van der Waals surface area (Å²) in [5.74, 6) is -0.297. The fraction of sp³-hybridized carbons (Fsp3) is 0.370. The molecule has 0 saturated heterocycles. The molecule has 2 aromatic carbocycles. The van der Waals surface area contributed by atoms with Gasteiger partial charge in [0, 0.05) is 11.7 Å². The Labute approximate surface area is 213 Å². The Balaban J connectivity index is 1.64. The number of benzene rings is 2. The fourth-order valence-corrected chi connectivity index (χ4v) is 4.10. The second-order valence-corrected chi connectivity index (χ2v) is 8.84. The number of ether oxygens (including phenoxy) is 2. The number of anilines is 1. The predicted molar refractivity (Wildman–Crippen MR) is 132 cm³/mol. The van der Waals surface area contributed by atoms with Crippen molar-refractivity contribution in [3.05, 3.63) is 59.2 Å². The average Bonchev–Trinajstić information content (AvgIpc) is 2.87. The standard InChI is InChI=1S/C27H28F3N3O4/c1-17-6-3-4-9-22(17)33-26(35)19(15-31)12-18-10-11-23(24(13-18)36-2)37-16-25(34)32-21-8-5-7-20(14-21)27(28,29)30/h5,7-8,10-14,17,22H,3-4,6,9,16H2,1-2H3,(H,32,34)(H,33,35)/b19-12+/t17-,22-/m0/s1. The molecule has 0 aromatic heterocycles. The van der Waals surface area contributed by atoms with Crippen LogP contribution in [0.4, 0.5) is 18.9 Å². The Hall–Kier alpha value is -4.00. The summed E-state index contributed by atoms with van der Waals surface area (Å²) in [6.45, 7) is 1.61. The van der Waals surface area contributed by atoms with Crippen molar-refractivity contribution in [2.45, 2.75) is 44.8 Å². The molecular weight excluding hydrogens is 487 g/mol. The number of nitriles is 1. The van der Waals surface area contributed by atoms with Crippen LogP contribution >= 0.6 is 0 Å². The van der Waals surface area contributed by atoms with Gasteiger partial charge in [0.15, 0.2) is 18.1 Å². The lowest BCUT2D eigenvalue weighted by Crippen LogP contribution is -2.41. The van der Waals surface area contributed by atoms with Gasteiger partial charge in [-0.05, 0) is 60.7 Å². The zero-order chi connectivity index (χ0) is 27.0. The molecule has 0 spiro atoms. The van der Waals surface area contributed by atoms with Crippen molar-refractivity contribution in [3.63, 3.8) is 0 Å². The SMILES string of the molecule is COc1cc(/C=C(\C#N)C(=O)N[C@H]2CCCC[C@@H]2C)ccc1OCC(=O)Nc1cccc(C(F)(F)F)c1. The summed E-state index contributed by atoms with van der Waals surface area (Å²) in [5, 5.41) is 14.8. The van der Waals surface area contributed by atoms with Gasteiger partial charge in [0.05, 0.1) is 12.7 Å². The van der Waals surface area contributed by atoms with Gasteiger partial charge in [-0.15, -0.1) is 0 Å². The van der Waals surface area contributed by atoms with Crippen molar-refractivity contribution < 1.29 is 32.2 Å². The van der Waals surface area contributed by atoms with Gasteiger partial charge in [-0.1, -0.05) is 31.9 Å². The summed E-state index contributed by atoms with van der Waals surface area (Å²) in [4.78, 5) is 24.9. The minimum atomic E-state index is -4.53. The van der Waals surface area contributed by atoms with E-state index in [1.54, 1.807) is 12.1 Å². The summed E-state index contributed by atoms with van der Waals surface area (Å²) in [6.07, 6.45) is 1.00. The molecule has 2 amide bonds. The highest BCUT2D eigenvalue weighted by Gasteiger charge is 2.30. The molecular formula is C27H28F3N3O4. The molecule has 1 aliphatic carbocycles. The number of rotatable bonds is 8. The van der Waals surface area contributed by atoms with Crippen LogP contribution in [0.15, 0.2) is 48.0 Å². The number of nitrogens with zero attached hydrogens (tertiary/aromatic N) is 1. The number of hydrogen-bond donors (Lipinski definition) is 2. The Morgan fingerprint density at radius 1 is 1.14 bits per heavy atom. The average molecular weight is 516 g/mol. The van der Waals surface area contributed by atoms with E-state index in [-0.39, 0.29) is 28.8 Å². The van der Waals surface area contributed by atoms with E-state index in [4.69, 9.17) is 9.47 Å². The van der Waals surface area contributed by atoms with E-state index < -0.39 is 30.2 Å². The van der Waals surface area contributed by atoms with Crippen molar-refractivity contribution in [2.75, 3.05) is 19.0 Å². The van der Waals surface area contributed by atoms with Gasteiger partial charge in [-0.2, -0.15) is 18.4 Å². The number of hydrogen-bond acceptors (Lipinski definition) is 5. The molecule has 2 aromatic rings. The molecule has 2 atom stereocenters. The number of nitrogens with one attached hydrogen (secondary N) is 2. The van der Waals surface area contributed by atoms with E-state index in [1.165, 1.54) is 31.4 Å². The first-order valence-corrected chi connectivity index (χ1v) is 11.8. The van der Waals surface area contributed by atoms with E-state index in [2.05, 4.69) is 17.6 Å². The molecule has 2 N–H and O–H groups in total. The monoisotopic (exact) mass is 515 g/mol. The highest BCUT2D eigenvalue weighted by atomic mass is 19.4. The van der Waals surface area contributed by atoms with E-state index in [1.807, 2.05) is 6.07 Å². The first-order valence-electron chi connectivity index (χ1n) is 11.8. The third-order valence-electron chi connectivity index (χ3n) is 6.12. The van der Waals surface area contributed by atoms with Crippen molar-refractivity contribution in [2.24, 2.45) is 5.92 Å². The first kappa shape index (κ1) is 27.6. The quantitative estimate of drug-likeness (QED) is 0.366. The summed E-state index contributed by atoms with van der Waals surface area (Å²) >= 11 is 0. The predicted octanol–water partition coefficient (Wildman–Crippen LogP) is 5.33. The van der Waals surface area contributed by atoms with Gasteiger partial charge in [0.25, 0.3) is 11.8 Å². The number of halogens is 3. The van der Waals surface area contributed by atoms with Crippen molar-refractivity contribution in [3.8, 4) is 17.6 Å². The van der Waals surface area contributed by atoms with Crippen LogP contribution in [0.25, 0.3) is 6.08 Å². The highest BCUT2D eigenvalue weighted by Crippen LogP contribution is 2.31. The van der Waals surface area contributed by atoms with Crippen LogP contribution in [0.2, 0.25) is 0 Å². The first-order chi connectivity index (χ1) is 17.6. The number of amides is 2. The molecule has 7 nitrogen and oxygen atoms in total. The lowest BCUT2D eigenvalue weighted by molar-refractivity contribution is -0.137. The molecule has 196 valence electrons. The van der Waals surface area contributed by atoms with E-state index in [0.717, 1.165) is 37.8 Å². The molecule has 10 heteroatoms. The molecule has 3 rings (SSSR count). The molecule has 37 heavy (non-hydrogen) atoms. The Morgan fingerprint density at radius 2 is 1.89 bits per heavy atom. The van der Waals surface area contributed by atoms with E-state index in [0.29, 0.717) is 11.5 Å². The van der Waals surface area contributed by atoms with Gasteiger partial charge in [0.2, 0.25) is 0 Å². The van der Waals surface area contributed by atoms with Gasteiger partial charge in [-0.3, -0.25) is 9.59 Å². The number of carbonyl (C=O) groups is 2. The zero-order valence-corrected chi connectivity index (χ0v) is 20.5. The number of carbonyl (C=O) groups excluding carboxylic acids is 2. The molecule has 0 aliphatic heterocycles. The smallest absolute Gasteiger partial charge is 0.416 e. The van der Waals surface area contributed by atoms with Crippen LogP contribution in [0, 0.1) is 17.2 Å². The van der Waals surface area contributed by atoms with Crippen molar-refractivity contribution in [1.82, 2.24) is 5.32 Å². The largest absolute Gasteiger partial charge is 0.493 e. The molecule has 1 aliphatic rings. The molecule has 1 saturated carbocycles. The minimum absolute atomic E-state index is 0.0131. The van der Waals surface area contributed by atoms with Crippen LogP contribution in [-0.4, -0.2) is 31.6 Å². The van der Waals surface area contributed by atoms with Gasteiger partial charge in [-0.25, -0.2) is 0 Å². The number of methoxy groups -OCH3 is 1. The Kier molecular flexibility index (Phi) is 9.17. The van der Waals surface area contributed by atoms with Crippen molar-refractivity contribution >= 4 is 23.6 Å². The topological polar surface area (TPSA) is 100 Å². The van der Waals surface area contributed by atoms with Crippen LogP contribution < -0.4 is 20.1 Å². The second kappa shape index (κ2) is 12.3. The Morgan fingerprint density at radius 3 is 2.57 bits per heavy atom. The highest BCUT2D eigenvalue weighted by molar-refractivity contribution is 6.02. The minimum Gasteiger partial charge on any atom is -0.493 e. The second-order valence-electron chi connectivity index (χ2n) is 8.84. The molecule has 0 radical (unpaired) electrons. The lowest BCUT2D eigenvalue weighted by atomic mass is 9.86. The lowest BCUT2D eigenvalue weighted by Gasteiger charge is -2.29. The molecule has 0 bridgehead atoms. The maximum absolute atomic E-state index is 12.9. The van der Waals surface area contributed by atoms with Crippen LogP contribution in [0.1, 0.15) is 43.7 Å². The Bertz CT molecular complexity index is 1200. The third-order valence-corrected chi connectivity index (χ3v) is 6.12. The summed E-state index contributed by atoms with van der Waals surface area (Å²) < 4.78 is 49.4. The van der Waals surface area contributed by atoms with Gasteiger partial charge >= 0.3 is 6.18 Å². The molecule has 0 heterocycles. The zero-order valence-electron chi connectivity index (χ0n) is 20.5. The summed E-state index contributed by atoms with van der Waals surface area (Å²) in [5.41, 5.74) is -0.425. The van der Waals surface area contributed by atoms with Crippen molar-refractivity contribution in [1.29, 1.82) is 5.26 Å². The number of alkyl halides is 3. The normalized spacial score (nSPS) is 17.9.